The molecule has 2 rings (SSSR count). The second-order valence-corrected chi connectivity index (χ2v) is 5.09. The molecule has 0 spiro atoms. The minimum absolute atomic E-state index is 0.0237. The lowest BCUT2D eigenvalue weighted by atomic mass is 9.90. The molecule has 0 radical (unpaired) electrons. The van der Waals surface area contributed by atoms with Crippen LogP contribution in [-0.2, 0) is 0 Å². The molecule has 1 aliphatic carbocycles. The van der Waals surface area contributed by atoms with Gasteiger partial charge < -0.3 is 15.3 Å². The number of carbonyl (C=O) groups excluding carboxylic acids is 1. The number of anilines is 1. The third-order valence-corrected chi connectivity index (χ3v) is 3.86. The summed E-state index contributed by atoms with van der Waals surface area (Å²) >= 11 is 0. The highest BCUT2D eigenvalue weighted by Gasteiger charge is 2.29. The zero-order valence-electron chi connectivity index (χ0n) is 11.6. The van der Waals surface area contributed by atoms with Gasteiger partial charge in [0, 0.05) is 30.9 Å². The Labute approximate surface area is 114 Å². The number of nitrogens with one attached hydrogen (secondary N) is 1. The van der Waals surface area contributed by atoms with E-state index in [1.54, 1.807) is 0 Å². The van der Waals surface area contributed by atoms with Gasteiger partial charge in [0.25, 0.3) is 5.91 Å². The fourth-order valence-electron chi connectivity index (χ4n) is 2.47. The highest BCUT2D eigenvalue weighted by Crippen LogP contribution is 2.27. The van der Waals surface area contributed by atoms with Gasteiger partial charge in [-0.3, -0.25) is 4.79 Å². The first-order chi connectivity index (χ1) is 9.17. The van der Waals surface area contributed by atoms with E-state index >= 15 is 0 Å². The zero-order chi connectivity index (χ0) is 13.8. The Kier molecular flexibility index (Phi) is 4.43. The number of aliphatic hydroxyl groups is 1. The molecular formula is C15H22N2O2. The van der Waals surface area contributed by atoms with Crippen LogP contribution in [0, 0.1) is 6.92 Å². The Morgan fingerprint density at radius 1 is 1.47 bits per heavy atom. The fourth-order valence-corrected chi connectivity index (χ4v) is 2.47. The Balaban J connectivity index is 2.20. The van der Waals surface area contributed by atoms with Gasteiger partial charge in [-0.2, -0.15) is 0 Å². The van der Waals surface area contributed by atoms with E-state index in [-0.39, 0.29) is 12.5 Å². The van der Waals surface area contributed by atoms with Gasteiger partial charge in [0.05, 0.1) is 6.61 Å². The molecule has 19 heavy (non-hydrogen) atoms. The lowest BCUT2D eigenvalue weighted by Gasteiger charge is -2.37. The number of hydrogen-bond donors (Lipinski definition) is 2. The second kappa shape index (κ2) is 6.06. The predicted octanol–water partition coefficient (Wildman–Crippen LogP) is 2.02. The van der Waals surface area contributed by atoms with Gasteiger partial charge in [-0.25, -0.2) is 0 Å². The predicted molar refractivity (Wildman–Crippen MR) is 76.5 cm³/mol. The van der Waals surface area contributed by atoms with Crippen molar-refractivity contribution in [3.8, 4) is 0 Å². The highest BCUT2D eigenvalue weighted by molar-refractivity contribution is 5.96. The molecule has 1 fully saturated rings. The van der Waals surface area contributed by atoms with Crippen molar-refractivity contribution in [1.29, 1.82) is 0 Å². The topological polar surface area (TPSA) is 52.6 Å². The summed E-state index contributed by atoms with van der Waals surface area (Å²) < 4.78 is 0. The maximum absolute atomic E-state index is 12.6. The van der Waals surface area contributed by atoms with Crippen LogP contribution in [0.5, 0.6) is 0 Å². The number of aliphatic hydroxyl groups excluding tert-OH is 1. The summed E-state index contributed by atoms with van der Waals surface area (Å²) in [5, 5.41) is 12.2. The third kappa shape index (κ3) is 2.89. The molecule has 0 bridgehead atoms. The quantitative estimate of drug-likeness (QED) is 0.853. The van der Waals surface area contributed by atoms with Crippen molar-refractivity contribution in [2.45, 2.75) is 32.2 Å². The van der Waals surface area contributed by atoms with Crippen molar-refractivity contribution < 1.29 is 9.90 Å². The van der Waals surface area contributed by atoms with E-state index in [0.717, 1.165) is 29.7 Å². The Hall–Kier alpha value is -1.55. The molecule has 1 aromatic rings. The van der Waals surface area contributed by atoms with Crippen LogP contribution in [0.2, 0.25) is 0 Å². The summed E-state index contributed by atoms with van der Waals surface area (Å²) in [7, 11) is 1.86. The van der Waals surface area contributed by atoms with E-state index in [0.29, 0.717) is 12.6 Å². The van der Waals surface area contributed by atoms with Gasteiger partial charge in [0.1, 0.15) is 0 Å². The smallest absolute Gasteiger partial charge is 0.254 e. The summed E-state index contributed by atoms with van der Waals surface area (Å²) in [6.45, 7) is 2.40. The van der Waals surface area contributed by atoms with Crippen molar-refractivity contribution >= 4 is 11.6 Å². The van der Waals surface area contributed by atoms with Crippen LogP contribution in [0.4, 0.5) is 5.69 Å². The van der Waals surface area contributed by atoms with Crippen LogP contribution in [0.25, 0.3) is 0 Å². The third-order valence-electron chi connectivity index (χ3n) is 3.86. The van der Waals surface area contributed by atoms with E-state index in [9.17, 15) is 4.79 Å². The summed E-state index contributed by atoms with van der Waals surface area (Å²) in [5.41, 5.74) is 2.71. The van der Waals surface area contributed by atoms with E-state index in [2.05, 4.69) is 5.32 Å². The van der Waals surface area contributed by atoms with Gasteiger partial charge in [-0.05, 0) is 49.9 Å². The molecule has 0 saturated heterocycles. The molecule has 1 saturated carbocycles. The summed E-state index contributed by atoms with van der Waals surface area (Å²) in [5.74, 6) is 0.0407. The van der Waals surface area contributed by atoms with Crippen LogP contribution in [0.15, 0.2) is 18.2 Å². The highest BCUT2D eigenvalue weighted by atomic mass is 16.3. The number of hydrogen-bond acceptors (Lipinski definition) is 3. The Morgan fingerprint density at radius 2 is 2.21 bits per heavy atom. The Bertz CT molecular complexity index is 455. The Morgan fingerprint density at radius 3 is 2.68 bits per heavy atom. The summed E-state index contributed by atoms with van der Waals surface area (Å²) in [6.07, 6.45) is 3.29. The monoisotopic (exact) mass is 262 g/mol. The number of aryl methyl sites for hydroxylation is 1. The first kappa shape index (κ1) is 13.9. The number of rotatable bonds is 5. The average Bonchev–Trinajstić information content (AvgIpc) is 2.35. The minimum atomic E-state index is 0.0237. The van der Waals surface area contributed by atoms with Crippen molar-refractivity contribution in [3.63, 3.8) is 0 Å². The molecule has 0 aromatic heterocycles. The maximum atomic E-state index is 12.6. The molecule has 4 nitrogen and oxygen atoms in total. The van der Waals surface area contributed by atoms with Crippen LogP contribution in [0.3, 0.4) is 0 Å². The van der Waals surface area contributed by atoms with E-state index in [1.165, 1.54) is 6.42 Å². The van der Waals surface area contributed by atoms with Gasteiger partial charge in [-0.1, -0.05) is 0 Å². The molecule has 0 unspecified atom stereocenters. The van der Waals surface area contributed by atoms with Crippen LogP contribution in [0.1, 0.15) is 35.2 Å². The molecule has 0 atom stereocenters. The molecule has 0 aliphatic heterocycles. The molecule has 1 aromatic carbocycles. The molecule has 2 N–H and O–H groups in total. The number of nitrogens with zero attached hydrogens (tertiary/aromatic N) is 1. The van der Waals surface area contributed by atoms with Crippen LogP contribution >= 0.6 is 0 Å². The van der Waals surface area contributed by atoms with Crippen LogP contribution in [-0.4, -0.2) is 42.2 Å². The molecule has 0 heterocycles. The van der Waals surface area contributed by atoms with Gasteiger partial charge in [-0.15, -0.1) is 0 Å². The van der Waals surface area contributed by atoms with Crippen molar-refractivity contribution in [3.05, 3.63) is 29.3 Å². The summed E-state index contributed by atoms with van der Waals surface area (Å²) in [6, 6.07) is 6.07. The first-order valence-corrected chi connectivity index (χ1v) is 6.87. The first-order valence-electron chi connectivity index (χ1n) is 6.87. The van der Waals surface area contributed by atoms with E-state index in [4.69, 9.17) is 5.11 Å². The SMILES string of the molecule is CNc1ccc(C(=O)N(CCO)C2CCC2)c(C)c1. The lowest BCUT2D eigenvalue weighted by Crippen LogP contribution is -2.45. The maximum Gasteiger partial charge on any atom is 0.254 e. The largest absolute Gasteiger partial charge is 0.395 e. The van der Waals surface area contributed by atoms with E-state index in [1.807, 2.05) is 37.1 Å². The zero-order valence-corrected chi connectivity index (χ0v) is 11.6. The standard InChI is InChI=1S/C15H22N2O2/c1-11-10-12(16-2)6-7-14(11)15(19)17(8-9-18)13-4-3-5-13/h6-7,10,13,16,18H,3-5,8-9H2,1-2H3. The molecular weight excluding hydrogens is 240 g/mol. The average molecular weight is 262 g/mol. The van der Waals surface area contributed by atoms with Gasteiger partial charge in [0.15, 0.2) is 0 Å². The number of carbonyl (C=O) groups is 1. The number of amides is 1. The molecule has 104 valence electrons. The van der Waals surface area contributed by atoms with E-state index < -0.39 is 0 Å². The van der Waals surface area contributed by atoms with Crippen molar-refractivity contribution in [2.75, 3.05) is 25.5 Å². The molecule has 1 amide bonds. The normalized spacial score (nSPS) is 14.9. The fraction of sp³-hybridized carbons (Fsp3) is 0.533. The van der Waals surface area contributed by atoms with Crippen LogP contribution < -0.4 is 5.32 Å². The van der Waals surface area contributed by atoms with Crippen molar-refractivity contribution in [2.24, 2.45) is 0 Å². The molecule has 4 heteroatoms. The van der Waals surface area contributed by atoms with Gasteiger partial charge in [0.2, 0.25) is 0 Å². The second-order valence-electron chi connectivity index (χ2n) is 5.09. The molecule has 1 aliphatic rings. The number of benzene rings is 1. The minimum Gasteiger partial charge on any atom is -0.395 e. The van der Waals surface area contributed by atoms with Crippen molar-refractivity contribution in [1.82, 2.24) is 4.90 Å². The summed E-state index contributed by atoms with van der Waals surface area (Å²) in [4.78, 5) is 14.4. The lowest BCUT2D eigenvalue weighted by molar-refractivity contribution is 0.0525. The van der Waals surface area contributed by atoms with Gasteiger partial charge >= 0.3 is 0 Å².